The highest BCUT2D eigenvalue weighted by molar-refractivity contribution is 5.93. The summed E-state index contributed by atoms with van der Waals surface area (Å²) in [5, 5.41) is 12.5. The van der Waals surface area contributed by atoms with E-state index in [-0.39, 0.29) is 12.5 Å². The molecule has 2 aromatic carbocycles. The zero-order valence-corrected chi connectivity index (χ0v) is 13.8. The van der Waals surface area contributed by atoms with Crippen LogP contribution in [0.3, 0.4) is 0 Å². The van der Waals surface area contributed by atoms with Crippen molar-refractivity contribution in [1.29, 1.82) is 0 Å². The lowest BCUT2D eigenvalue weighted by molar-refractivity contribution is -0.118. The van der Waals surface area contributed by atoms with Crippen LogP contribution in [0.1, 0.15) is 36.6 Å². The first-order valence-electron chi connectivity index (χ1n) is 7.80. The van der Waals surface area contributed by atoms with Gasteiger partial charge in [0, 0.05) is 5.69 Å². The Morgan fingerprint density at radius 3 is 2.70 bits per heavy atom. The number of hydrogen-bond donors (Lipinski definition) is 2. The third kappa shape index (κ3) is 4.57. The van der Waals surface area contributed by atoms with Gasteiger partial charge in [0.25, 0.3) is 5.91 Å². The summed E-state index contributed by atoms with van der Waals surface area (Å²) in [5.41, 5.74) is 3.76. The number of aliphatic hydroxyl groups excluding tert-OH is 1. The van der Waals surface area contributed by atoms with Crippen molar-refractivity contribution in [2.75, 3.05) is 11.9 Å². The smallest absolute Gasteiger partial charge is 0.262 e. The number of anilines is 1. The predicted octanol–water partition coefficient (Wildman–Crippen LogP) is 3.63. The molecule has 2 rings (SSSR count). The fourth-order valence-electron chi connectivity index (χ4n) is 2.39. The van der Waals surface area contributed by atoms with Crippen LogP contribution in [0.4, 0.5) is 5.69 Å². The minimum Gasteiger partial charge on any atom is -0.484 e. The number of hydrogen-bond acceptors (Lipinski definition) is 3. The molecule has 0 heterocycles. The molecule has 0 radical (unpaired) electrons. The van der Waals surface area contributed by atoms with E-state index in [0.29, 0.717) is 5.75 Å². The first-order chi connectivity index (χ1) is 11.0. The van der Waals surface area contributed by atoms with E-state index in [1.807, 2.05) is 31.2 Å². The highest BCUT2D eigenvalue weighted by atomic mass is 16.5. The van der Waals surface area contributed by atoms with E-state index in [1.165, 1.54) is 0 Å². The Labute approximate surface area is 137 Å². The van der Waals surface area contributed by atoms with Gasteiger partial charge in [0.15, 0.2) is 6.61 Å². The summed E-state index contributed by atoms with van der Waals surface area (Å²) >= 11 is 0. The largest absolute Gasteiger partial charge is 0.484 e. The molecule has 0 aliphatic heterocycles. The maximum Gasteiger partial charge on any atom is 0.262 e. The normalized spacial score (nSPS) is 11.8. The second-order valence-corrected chi connectivity index (χ2v) is 5.55. The van der Waals surface area contributed by atoms with Crippen molar-refractivity contribution in [2.45, 2.75) is 33.3 Å². The molecule has 4 heteroatoms. The van der Waals surface area contributed by atoms with Crippen LogP contribution in [0.15, 0.2) is 42.5 Å². The number of ether oxygens (including phenoxy) is 1. The Morgan fingerprint density at radius 2 is 2.00 bits per heavy atom. The standard InChI is InChI=1S/C19H23NO3/c1-4-15-8-5-7-13(2)19(15)20-18(22)12-23-17-10-6-9-16(11-17)14(3)21/h5-11,14,21H,4,12H2,1-3H3,(H,20,22). The summed E-state index contributed by atoms with van der Waals surface area (Å²) in [7, 11) is 0. The molecule has 0 spiro atoms. The van der Waals surface area contributed by atoms with Crippen LogP contribution in [-0.4, -0.2) is 17.6 Å². The molecular formula is C19H23NO3. The molecule has 23 heavy (non-hydrogen) atoms. The van der Waals surface area contributed by atoms with E-state index in [0.717, 1.165) is 28.8 Å². The van der Waals surface area contributed by atoms with Gasteiger partial charge in [-0.05, 0) is 49.1 Å². The summed E-state index contributed by atoms with van der Waals surface area (Å²) in [6.07, 6.45) is 0.292. The maximum atomic E-state index is 12.1. The van der Waals surface area contributed by atoms with Crippen molar-refractivity contribution < 1.29 is 14.6 Å². The Morgan fingerprint density at radius 1 is 1.26 bits per heavy atom. The lowest BCUT2D eigenvalue weighted by Crippen LogP contribution is -2.21. The lowest BCUT2D eigenvalue weighted by atomic mass is 10.1. The van der Waals surface area contributed by atoms with Gasteiger partial charge in [0.05, 0.1) is 6.10 Å². The summed E-state index contributed by atoms with van der Waals surface area (Å²) < 4.78 is 5.52. The molecule has 2 aromatic rings. The Balaban J connectivity index is 2.00. The molecule has 0 bridgehead atoms. The van der Waals surface area contributed by atoms with Crippen molar-refractivity contribution in [3.63, 3.8) is 0 Å². The molecule has 0 aliphatic rings. The van der Waals surface area contributed by atoms with Gasteiger partial charge in [-0.2, -0.15) is 0 Å². The molecule has 122 valence electrons. The number of rotatable bonds is 6. The topological polar surface area (TPSA) is 58.6 Å². The first kappa shape index (κ1) is 17.0. The summed E-state index contributed by atoms with van der Waals surface area (Å²) in [5.74, 6) is 0.371. The average Bonchev–Trinajstić information content (AvgIpc) is 2.55. The summed E-state index contributed by atoms with van der Waals surface area (Å²) in [4.78, 5) is 12.1. The highest BCUT2D eigenvalue weighted by Crippen LogP contribution is 2.21. The average molecular weight is 313 g/mol. The molecular weight excluding hydrogens is 290 g/mol. The minimum absolute atomic E-state index is 0.0687. The Kier molecular flexibility index (Phi) is 5.77. The molecule has 0 saturated carbocycles. The van der Waals surface area contributed by atoms with E-state index in [4.69, 9.17) is 4.74 Å². The van der Waals surface area contributed by atoms with Crippen LogP contribution in [-0.2, 0) is 11.2 Å². The molecule has 0 saturated heterocycles. The van der Waals surface area contributed by atoms with Gasteiger partial charge >= 0.3 is 0 Å². The third-order valence-corrected chi connectivity index (χ3v) is 3.71. The molecule has 0 aliphatic carbocycles. The van der Waals surface area contributed by atoms with Crippen molar-refractivity contribution in [2.24, 2.45) is 0 Å². The second kappa shape index (κ2) is 7.79. The molecule has 1 amide bonds. The minimum atomic E-state index is -0.563. The van der Waals surface area contributed by atoms with Crippen LogP contribution < -0.4 is 10.1 Å². The van der Waals surface area contributed by atoms with E-state index >= 15 is 0 Å². The number of para-hydroxylation sites is 1. The number of amides is 1. The van der Waals surface area contributed by atoms with Gasteiger partial charge in [-0.15, -0.1) is 0 Å². The molecule has 1 unspecified atom stereocenters. The van der Waals surface area contributed by atoms with Crippen molar-refractivity contribution in [3.8, 4) is 5.75 Å². The molecule has 1 atom stereocenters. The summed E-state index contributed by atoms with van der Waals surface area (Å²) in [6, 6.07) is 13.1. The number of carbonyl (C=O) groups is 1. The van der Waals surface area contributed by atoms with E-state index in [2.05, 4.69) is 12.2 Å². The predicted molar refractivity (Wildman–Crippen MR) is 91.8 cm³/mol. The van der Waals surface area contributed by atoms with Crippen molar-refractivity contribution in [1.82, 2.24) is 0 Å². The van der Waals surface area contributed by atoms with E-state index in [9.17, 15) is 9.90 Å². The van der Waals surface area contributed by atoms with Gasteiger partial charge in [-0.3, -0.25) is 4.79 Å². The van der Waals surface area contributed by atoms with Crippen LogP contribution in [0, 0.1) is 6.92 Å². The number of benzene rings is 2. The van der Waals surface area contributed by atoms with Crippen LogP contribution in [0.25, 0.3) is 0 Å². The molecule has 2 N–H and O–H groups in total. The fraction of sp³-hybridized carbons (Fsp3) is 0.316. The van der Waals surface area contributed by atoms with Crippen molar-refractivity contribution >= 4 is 11.6 Å². The highest BCUT2D eigenvalue weighted by Gasteiger charge is 2.10. The van der Waals surface area contributed by atoms with Crippen LogP contribution >= 0.6 is 0 Å². The lowest BCUT2D eigenvalue weighted by Gasteiger charge is -2.14. The van der Waals surface area contributed by atoms with Gasteiger partial charge in [0.2, 0.25) is 0 Å². The monoisotopic (exact) mass is 313 g/mol. The van der Waals surface area contributed by atoms with Crippen LogP contribution in [0.5, 0.6) is 5.75 Å². The second-order valence-electron chi connectivity index (χ2n) is 5.55. The van der Waals surface area contributed by atoms with Crippen molar-refractivity contribution in [3.05, 3.63) is 59.2 Å². The molecule has 4 nitrogen and oxygen atoms in total. The number of carbonyl (C=O) groups excluding carboxylic acids is 1. The van der Waals surface area contributed by atoms with E-state index in [1.54, 1.807) is 25.1 Å². The number of aryl methyl sites for hydroxylation is 2. The zero-order chi connectivity index (χ0) is 16.8. The first-order valence-corrected chi connectivity index (χ1v) is 7.80. The zero-order valence-electron chi connectivity index (χ0n) is 13.8. The SMILES string of the molecule is CCc1cccc(C)c1NC(=O)COc1cccc(C(C)O)c1. The maximum absolute atomic E-state index is 12.1. The molecule has 0 fully saturated rings. The number of aliphatic hydroxyl groups is 1. The van der Waals surface area contributed by atoms with E-state index < -0.39 is 6.10 Å². The summed E-state index contributed by atoms with van der Waals surface area (Å²) in [6.45, 7) is 5.65. The molecule has 0 aromatic heterocycles. The number of nitrogens with one attached hydrogen (secondary N) is 1. The van der Waals surface area contributed by atoms with Gasteiger partial charge in [-0.1, -0.05) is 37.3 Å². The Bertz CT molecular complexity index is 680. The third-order valence-electron chi connectivity index (χ3n) is 3.71. The van der Waals surface area contributed by atoms with Gasteiger partial charge in [-0.25, -0.2) is 0 Å². The Hall–Kier alpha value is -2.33. The van der Waals surface area contributed by atoms with Crippen LogP contribution in [0.2, 0.25) is 0 Å². The quantitative estimate of drug-likeness (QED) is 0.856. The van der Waals surface area contributed by atoms with Gasteiger partial charge < -0.3 is 15.2 Å². The van der Waals surface area contributed by atoms with Gasteiger partial charge in [0.1, 0.15) is 5.75 Å². The fourth-order valence-corrected chi connectivity index (χ4v) is 2.39.